The molecule has 2 aromatic heterocycles. The lowest BCUT2D eigenvalue weighted by molar-refractivity contribution is -0.135. The number of H-pyrrole nitrogens is 2. The second kappa shape index (κ2) is 13.6. The van der Waals surface area contributed by atoms with Crippen molar-refractivity contribution >= 4 is 23.9 Å². The number of ether oxygens (including phenoxy) is 1. The van der Waals surface area contributed by atoms with Gasteiger partial charge in [0.05, 0.1) is 36.9 Å². The summed E-state index contributed by atoms with van der Waals surface area (Å²) in [6, 6.07) is 15.6. The predicted molar refractivity (Wildman–Crippen MR) is 175 cm³/mol. The quantitative estimate of drug-likeness (QED) is 0.172. The molecule has 46 heavy (non-hydrogen) atoms. The second-order valence-electron chi connectivity index (χ2n) is 12.5. The molecule has 11 heteroatoms. The second-order valence-corrected chi connectivity index (χ2v) is 12.5. The highest BCUT2D eigenvalue weighted by molar-refractivity contribution is 5.91. The molecule has 0 bridgehead atoms. The van der Waals surface area contributed by atoms with Crippen molar-refractivity contribution in [2.45, 2.75) is 64.5 Å². The van der Waals surface area contributed by atoms with Crippen LogP contribution in [0.25, 0.3) is 33.6 Å². The average molecular weight is 624 g/mol. The van der Waals surface area contributed by atoms with Gasteiger partial charge < -0.3 is 24.9 Å². The monoisotopic (exact) mass is 623 g/mol. The standard InChI is InChI=1S/C35H41N7O4/c1-21(2)30(40-35(45)46-3)33(44)42-18-6-9-29(42)31-36-19-27(38-31)24-14-10-22(11-15-24)23-12-16-25(17-13-23)28-20-37-34(39-28)41-32(43)26-7-4-5-8-26/h10-17,19-21,26,29-30H,4-9,18H2,1-3H3,(H,36,38)(H,40,45)(H2,37,39,41,43). The minimum absolute atomic E-state index is 0.0453. The van der Waals surface area contributed by atoms with E-state index >= 15 is 0 Å². The molecule has 2 aromatic carbocycles. The van der Waals surface area contributed by atoms with Crippen LogP contribution in [0.1, 0.15) is 64.2 Å². The highest BCUT2D eigenvalue weighted by Crippen LogP contribution is 2.33. The van der Waals surface area contributed by atoms with Crippen LogP contribution in [0.5, 0.6) is 0 Å². The number of alkyl carbamates (subject to hydrolysis) is 1. The zero-order chi connectivity index (χ0) is 32.2. The number of rotatable bonds is 9. The van der Waals surface area contributed by atoms with Crippen LogP contribution in [0.15, 0.2) is 60.9 Å². The fraction of sp³-hybridized carbons (Fsp3) is 0.400. The topological polar surface area (TPSA) is 145 Å². The normalized spacial score (nSPS) is 17.3. The Labute approximate surface area is 268 Å². The van der Waals surface area contributed by atoms with E-state index in [-0.39, 0.29) is 29.7 Å². The SMILES string of the molecule is COC(=O)NC(C(=O)N1CCCC1c1ncc(-c2ccc(-c3ccc(-c4cnc(NC(=O)C5CCCC5)[nH]4)cc3)cc2)[nH]1)C(C)C. The summed E-state index contributed by atoms with van der Waals surface area (Å²) in [6.07, 6.45) is 8.72. The van der Waals surface area contributed by atoms with E-state index in [1.807, 2.05) is 37.1 Å². The number of likely N-dealkylation sites (tertiary alicyclic amines) is 1. The first-order valence-electron chi connectivity index (χ1n) is 16.1. The molecule has 1 aliphatic carbocycles. The molecular formula is C35H41N7O4. The van der Waals surface area contributed by atoms with E-state index in [9.17, 15) is 14.4 Å². The van der Waals surface area contributed by atoms with E-state index < -0.39 is 12.1 Å². The smallest absolute Gasteiger partial charge is 0.407 e. The van der Waals surface area contributed by atoms with Gasteiger partial charge in [-0.1, -0.05) is 75.2 Å². The van der Waals surface area contributed by atoms with E-state index in [1.54, 1.807) is 6.20 Å². The van der Waals surface area contributed by atoms with Crippen molar-refractivity contribution in [2.24, 2.45) is 11.8 Å². The number of imidazole rings is 2. The van der Waals surface area contributed by atoms with Crippen LogP contribution in [-0.2, 0) is 14.3 Å². The van der Waals surface area contributed by atoms with E-state index in [1.165, 1.54) is 7.11 Å². The number of benzene rings is 2. The van der Waals surface area contributed by atoms with E-state index in [0.717, 1.165) is 78.0 Å². The molecule has 11 nitrogen and oxygen atoms in total. The van der Waals surface area contributed by atoms with Crippen LogP contribution in [0.4, 0.5) is 10.7 Å². The maximum absolute atomic E-state index is 13.5. The first kappa shape index (κ1) is 31.1. The molecular weight excluding hydrogens is 582 g/mol. The van der Waals surface area contributed by atoms with E-state index in [0.29, 0.717) is 12.5 Å². The number of hydrogen-bond acceptors (Lipinski definition) is 6. The summed E-state index contributed by atoms with van der Waals surface area (Å²) in [5, 5.41) is 5.61. The average Bonchev–Trinajstić information content (AvgIpc) is 3.90. The molecule has 2 unspecified atom stereocenters. The fourth-order valence-electron chi connectivity index (χ4n) is 6.47. The molecule has 2 atom stereocenters. The zero-order valence-electron chi connectivity index (χ0n) is 26.5. The Bertz CT molecular complexity index is 1670. The van der Waals surface area contributed by atoms with Gasteiger partial charge >= 0.3 is 6.09 Å². The van der Waals surface area contributed by atoms with Crippen LogP contribution >= 0.6 is 0 Å². The summed E-state index contributed by atoms with van der Waals surface area (Å²) in [7, 11) is 1.29. The maximum atomic E-state index is 13.5. The molecule has 4 N–H and O–H groups in total. The number of nitrogens with zero attached hydrogens (tertiary/aromatic N) is 3. The number of amides is 3. The molecule has 0 radical (unpaired) electrons. The van der Waals surface area contributed by atoms with Crippen molar-refractivity contribution < 1.29 is 19.1 Å². The van der Waals surface area contributed by atoms with Gasteiger partial charge in [0.1, 0.15) is 11.9 Å². The Kier molecular flexibility index (Phi) is 9.18. The van der Waals surface area contributed by atoms with Gasteiger partial charge in [0, 0.05) is 12.5 Å². The minimum Gasteiger partial charge on any atom is -0.453 e. The number of carbonyl (C=O) groups excluding carboxylic acids is 3. The number of carbonyl (C=O) groups is 3. The van der Waals surface area contributed by atoms with Crippen molar-refractivity contribution in [1.29, 1.82) is 0 Å². The lowest BCUT2D eigenvalue weighted by atomic mass is 10.0. The van der Waals surface area contributed by atoms with Gasteiger partial charge in [-0.2, -0.15) is 0 Å². The lowest BCUT2D eigenvalue weighted by Gasteiger charge is -2.30. The Balaban J connectivity index is 1.10. The molecule has 3 amide bonds. The maximum Gasteiger partial charge on any atom is 0.407 e. The molecule has 1 saturated heterocycles. The molecule has 6 rings (SSSR count). The lowest BCUT2D eigenvalue weighted by Crippen LogP contribution is -2.51. The molecule has 3 heterocycles. The molecule has 1 aliphatic heterocycles. The van der Waals surface area contributed by atoms with Gasteiger partial charge in [-0.25, -0.2) is 14.8 Å². The van der Waals surface area contributed by atoms with Crippen LogP contribution < -0.4 is 10.6 Å². The first-order chi connectivity index (χ1) is 22.3. The summed E-state index contributed by atoms with van der Waals surface area (Å²) < 4.78 is 4.74. The Morgan fingerprint density at radius 2 is 1.41 bits per heavy atom. The van der Waals surface area contributed by atoms with Crippen molar-refractivity contribution in [3.63, 3.8) is 0 Å². The highest BCUT2D eigenvalue weighted by Gasteiger charge is 2.37. The summed E-state index contributed by atoms with van der Waals surface area (Å²) in [5.74, 6) is 1.13. The highest BCUT2D eigenvalue weighted by atomic mass is 16.5. The molecule has 240 valence electrons. The van der Waals surface area contributed by atoms with Crippen molar-refractivity contribution in [2.75, 3.05) is 19.0 Å². The molecule has 0 spiro atoms. The number of aromatic nitrogens is 4. The van der Waals surface area contributed by atoms with Crippen molar-refractivity contribution in [3.05, 3.63) is 66.7 Å². The molecule has 2 aliphatic rings. The predicted octanol–water partition coefficient (Wildman–Crippen LogP) is 6.31. The Hall–Kier alpha value is -4.93. The number of methoxy groups -OCH3 is 1. The van der Waals surface area contributed by atoms with Crippen molar-refractivity contribution in [3.8, 4) is 33.6 Å². The van der Waals surface area contributed by atoms with Gasteiger partial charge in [-0.3, -0.25) is 14.9 Å². The minimum atomic E-state index is -0.671. The summed E-state index contributed by atoms with van der Waals surface area (Å²) in [4.78, 5) is 55.3. The van der Waals surface area contributed by atoms with Gasteiger partial charge in [0.25, 0.3) is 0 Å². The van der Waals surface area contributed by atoms with Gasteiger partial charge in [-0.15, -0.1) is 0 Å². The van der Waals surface area contributed by atoms with Crippen LogP contribution in [0, 0.1) is 11.8 Å². The molecule has 4 aromatic rings. The fourth-order valence-corrected chi connectivity index (χ4v) is 6.47. The van der Waals surface area contributed by atoms with E-state index in [2.05, 4.69) is 67.0 Å². The van der Waals surface area contributed by atoms with Crippen LogP contribution in [0.3, 0.4) is 0 Å². The molecule has 1 saturated carbocycles. The Morgan fingerprint density at radius 3 is 2.02 bits per heavy atom. The summed E-state index contributed by atoms with van der Waals surface area (Å²) >= 11 is 0. The van der Waals surface area contributed by atoms with Gasteiger partial charge in [0.15, 0.2) is 0 Å². The number of nitrogens with one attached hydrogen (secondary N) is 4. The van der Waals surface area contributed by atoms with Gasteiger partial charge in [-0.05, 0) is 53.9 Å². The van der Waals surface area contributed by atoms with Crippen LogP contribution in [0.2, 0.25) is 0 Å². The third kappa shape index (κ3) is 6.68. The number of hydrogen-bond donors (Lipinski definition) is 4. The number of aromatic amines is 2. The van der Waals surface area contributed by atoms with Crippen LogP contribution in [-0.4, -0.2) is 62.4 Å². The first-order valence-corrected chi connectivity index (χ1v) is 16.1. The third-order valence-corrected chi connectivity index (χ3v) is 9.11. The molecule has 2 fully saturated rings. The number of anilines is 1. The summed E-state index contributed by atoms with van der Waals surface area (Å²) in [5.41, 5.74) is 5.86. The summed E-state index contributed by atoms with van der Waals surface area (Å²) in [6.45, 7) is 4.42. The zero-order valence-corrected chi connectivity index (χ0v) is 26.5. The third-order valence-electron chi connectivity index (χ3n) is 9.11. The van der Waals surface area contributed by atoms with Crippen molar-refractivity contribution in [1.82, 2.24) is 30.2 Å². The van der Waals surface area contributed by atoms with Gasteiger partial charge in [0.2, 0.25) is 17.8 Å². The Morgan fingerprint density at radius 1 is 0.826 bits per heavy atom. The largest absolute Gasteiger partial charge is 0.453 e. The van der Waals surface area contributed by atoms with E-state index in [4.69, 9.17) is 4.74 Å².